The third kappa shape index (κ3) is 3.55. The summed E-state index contributed by atoms with van der Waals surface area (Å²) in [6.07, 6.45) is 2.67. The zero-order valence-electron chi connectivity index (χ0n) is 15.1. The van der Waals surface area contributed by atoms with E-state index < -0.39 is 0 Å². The SMILES string of the molecule is COc1ccc([C@@H](NC(=O)c2cccc3c2OCCO3)C2CC(O)C2)cn1. The molecular weight excluding hydrogens is 348 g/mol. The lowest BCUT2D eigenvalue weighted by Crippen LogP contribution is -2.41. The average molecular weight is 370 g/mol. The third-order valence-corrected chi connectivity index (χ3v) is 5.05. The number of aliphatic hydroxyl groups excluding tert-OH is 1. The maximum absolute atomic E-state index is 13.0. The van der Waals surface area contributed by atoms with E-state index in [2.05, 4.69) is 10.3 Å². The number of pyridine rings is 1. The fourth-order valence-electron chi connectivity index (χ4n) is 3.54. The first kappa shape index (κ1) is 17.6. The number of nitrogens with one attached hydrogen (secondary N) is 1. The molecule has 7 heteroatoms. The highest BCUT2D eigenvalue weighted by Crippen LogP contribution is 2.39. The summed E-state index contributed by atoms with van der Waals surface area (Å²) in [6, 6.07) is 8.70. The van der Waals surface area contributed by atoms with E-state index in [0.717, 1.165) is 5.56 Å². The van der Waals surface area contributed by atoms with Crippen LogP contribution in [0.3, 0.4) is 0 Å². The molecule has 0 spiro atoms. The first-order valence-electron chi connectivity index (χ1n) is 9.03. The molecule has 2 N–H and O–H groups in total. The number of hydrogen-bond acceptors (Lipinski definition) is 6. The first-order chi connectivity index (χ1) is 13.2. The topological polar surface area (TPSA) is 89.9 Å². The van der Waals surface area contributed by atoms with Crippen molar-refractivity contribution >= 4 is 5.91 Å². The smallest absolute Gasteiger partial charge is 0.255 e. The zero-order valence-corrected chi connectivity index (χ0v) is 15.1. The number of rotatable bonds is 5. The number of amides is 1. The standard InChI is InChI=1S/C20H22N2O5/c1-25-17-6-5-12(11-21-17)18(13-9-14(23)10-13)22-20(24)15-3-2-4-16-19(15)27-8-7-26-16/h2-6,11,13-14,18,23H,7-10H2,1H3,(H,22,24)/t13?,14?,18-/m1/s1. The predicted molar refractivity (Wildman–Crippen MR) is 97.2 cm³/mol. The number of fused-ring (bicyclic) bond motifs is 1. The fraction of sp³-hybridized carbons (Fsp3) is 0.400. The second-order valence-electron chi connectivity index (χ2n) is 6.80. The minimum atomic E-state index is -0.318. The molecule has 7 nitrogen and oxygen atoms in total. The van der Waals surface area contributed by atoms with Crippen LogP contribution in [0, 0.1) is 5.92 Å². The summed E-state index contributed by atoms with van der Waals surface area (Å²) < 4.78 is 16.3. The van der Waals surface area contributed by atoms with Crippen LogP contribution in [0.1, 0.15) is 34.8 Å². The molecule has 1 aromatic heterocycles. The van der Waals surface area contributed by atoms with Gasteiger partial charge in [-0.25, -0.2) is 4.98 Å². The Morgan fingerprint density at radius 2 is 2.07 bits per heavy atom. The molecule has 0 bridgehead atoms. The molecule has 1 atom stereocenters. The van der Waals surface area contributed by atoms with E-state index in [9.17, 15) is 9.90 Å². The largest absolute Gasteiger partial charge is 0.486 e. The van der Waals surface area contributed by atoms with Crippen LogP contribution in [0.2, 0.25) is 0 Å². The lowest BCUT2D eigenvalue weighted by molar-refractivity contribution is 0.0234. The molecule has 142 valence electrons. The third-order valence-electron chi connectivity index (χ3n) is 5.05. The van der Waals surface area contributed by atoms with Gasteiger partial charge in [-0.3, -0.25) is 4.79 Å². The lowest BCUT2D eigenvalue weighted by atomic mass is 9.75. The van der Waals surface area contributed by atoms with Gasteiger partial charge in [0, 0.05) is 12.3 Å². The van der Waals surface area contributed by atoms with Crippen molar-refractivity contribution in [1.29, 1.82) is 0 Å². The van der Waals surface area contributed by atoms with Crippen molar-refractivity contribution in [3.8, 4) is 17.4 Å². The van der Waals surface area contributed by atoms with Crippen LogP contribution in [0.25, 0.3) is 0 Å². The fourth-order valence-corrected chi connectivity index (χ4v) is 3.54. The summed E-state index contributed by atoms with van der Waals surface area (Å²) >= 11 is 0. The molecule has 1 aliphatic carbocycles. The van der Waals surface area contributed by atoms with Crippen LogP contribution >= 0.6 is 0 Å². The quantitative estimate of drug-likeness (QED) is 0.838. The summed E-state index contributed by atoms with van der Waals surface area (Å²) in [5.41, 5.74) is 1.32. The minimum Gasteiger partial charge on any atom is -0.486 e. The van der Waals surface area contributed by atoms with Crippen LogP contribution in [-0.2, 0) is 0 Å². The molecule has 1 aromatic carbocycles. The molecule has 2 aromatic rings. The Morgan fingerprint density at radius 1 is 1.26 bits per heavy atom. The van der Waals surface area contributed by atoms with E-state index in [0.29, 0.717) is 49.0 Å². The maximum Gasteiger partial charge on any atom is 0.255 e. The molecule has 0 saturated heterocycles. The van der Waals surface area contributed by atoms with Gasteiger partial charge in [0.05, 0.1) is 24.8 Å². The van der Waals surface area contributed by atoms with Gasteiger partial charge in [0.2, 0.25) is 5.88 Å². The van der Waals surface area contributed by atoms with E-state index in [4.69, 9.17) is 14.2 Å². The highest BCUT2D eigenvalue weighted by atomic mass is 16.6. The number of para-hydroxylation sites is 1. The Hall–Kier alpha value is -2.80. The van der Waals surface area contributed by atoms with Crippen molar-refractivity contribution in [2.45, 2.75) is 25.0 Å². The van der Waals surface area contributed by atoms with E-state index in [1.54, 1.807) is 37.6 Å². The number of aromatic nitrogens is 1. The van der Waals surface area contributed by atoms with Crippen molar-refractivity contribution in [3.05, 3.63) is 47.7 Å². The Bertz CT molecular complexity index is 818. The van der Waals surface area contributed by atoms with Crippen molar-refractivity contribution in [2.24, 2.45) is 5.92 Å². The molecule has 1 fully saturated rings. The van der Waals surface area contributed by atoms with Crippen LogP contribution in [0.5, 0.6) is 17.4 Å². The number of hydrogen-bond donors (Lipinski definition) is 2. The number of aliphatic hydroxyl groups is 1. The van der Waals surface area contributed by atoms with E-state index in [1.165, 1.54) is 0 Å². The molecule has 0 unspecified atom stereocenters. The Morgan fingerprint density at radius 3 is 2.78 bits per heavy atom. The molecule has 0 radical (unpaired) electrons. The van der Waals surface area contributed by atoms with Crippen molar-refractivity contribution < 1.29 is 24.1 Å². The number of carbonyl (C=O) groups excluding carboxylic acids is 1. The first-order valence-corrected chi connectivity index (χ1v) is 9.03. The summed E-state index contributed by atoms with van der Waals surface area (Å²) in [5.74, 6) is 1.48. The molecule has 27 heavy (non-hydrogen) atoms. The van der Waals surface area contributed by atoms with Gasteiger partial charge < -0.3 is 24.6 Å². The molecular formula is C20H22N2O5. The van der Waals surface area contributed by atoms with Gasteiger partial charge in [-0.2, -0.15) is 0 Å². The van der Waals surface area contributed by atoms with Crippen LogP contribution in [0.4, 0.5) is 0 Å². The van der Waals surface area contributed by atoms with E-state index >= 15 is 0 Å². The Kier molecular flexibility index (Phi) is 4.85. The molecule has 1 aliphatic heterocycles. The van der Waals surface area contributed by atoms with Gasteiger partial charge in [0.15, 0.2) is 11.5 Å². The van der Waals surface area contributed by atoms with E-state index in [-0.39, 0.29) is 24.0 Å². The van der Waals surface area contributed by atoms with E-state index in [1.807, 2.05) is 6.07 Å². The van der Waals surface area contributed by atoms with Gasteiger partial charge in [-0.15, -0.1) is 0 Å². The van der Waals surface area contributed by atoms with Crippen LogP contribution < -0.4 is 19.5 Å². The summed E-state index contributed by atoms with van der Waals surface area (Å²) in [7, 11) is 1.56. The molecule has 1 saturated carbocycles. The highest BCUT2D eigenvalue weighted by molar-refractivity contribution is 5.98. The summed E-state index contributed by atoms with van der Waals surface area (Å²) in [6.45, 7) is 0.885. The highest BCUT2D eigenvalue weighted by Gasteiger charge is 2.36. The number of benzene rings is 1. The van der Waals surface area contributed by atoms with Gasteiger partial charge in [-0.1, -0.05) is 12.1 Å². The second kappa shape index (κ2) is 7.44. The monoisotopic (exact) mass is 370 g/mol. The van der Waals surface area contributed by atoms with Crippen LogP contribution in [-0.4, -0.2) is 42.4 Å². The normalized spacial score (nSPS) is 21.7. The number of methoxy groups -OCH3 is 1. The van der Waals surface area contributed by atoms with Gasteiger partial charge in [0.25, 0.3) is 5.91 Å². The maximum atomic E-state index is 13.0. The molecule has 2 aliphatic rings. The number of carbonyl (C=O) groups is 1. The molecule has 2 heterocycles. The van der Waals surface area contributed by atoms with Gasteiger partial charge in [-0.05, 0) is 36.5 Å². The van der Waals surface area contributed by atoms with Crippen molar-refractivity contribution in [2.75, 3.05) is 20.3 Å². The van der Waals surface area contributed by atoms with Crippen LogP contribution in [0.15, 0.2) is 36.5 Å². The lowest BCUT2D eigenvalue weighted by Gasteiger charge is -2.38. The van der Waals surface area contributed by atoms with Crippen molar-refractivity contribution in [1.82, 2.24) is 10.3 Å². The van der Waals surface area contributed by atoms with Crippen molar-refractivity contribution in [3.63, 3.8) is 0 Å². The molecule has 1 amide bonds. The predicted octanol–water partition coefficient (Wildman–Crippen LogP) is 2.10. The Labute approximate surface area is 157 Å². The molecule has 4 rings (SSSR count). The second-order valence-corrected chi connectivity index (χ2v) is 6.80. The van der Waals surface area contributed by atoms with Gasteiger partial charge >= 0.3 is 0 Å². The number of ether oxygens (including phenoxy) is 3. The number of nitrogens with zero attached hydrogens (tertiary/aromatic N) is 1. The average Bonchev–Trinajstić information content (AvgIpc) is 2.69. The minimum absolute atomic E-state index is 0.149. The summed E-state index contributed by atoms with van der Waals surface area (Å²) in [5, 5.41) is 12.8. The van der Waals surface area contributed by atoms with Gasteiger partial charge in [0.1, 0.15) is 13.2 Å². The zero-order chi connectivity index (χ0) is 18.8. The summed E-state index contributed by atoms with van der Waals surface area (Å²) in [4.78, 5) is 17.2. The Balaban J connectivity index is 1.59.